The number of rotatable bonds is 1. The zero-order chi connectivity index (χ0) is 10.8. The van der Waals surface area contributed by atoms with Gasteiger partial charge in [-0.1, -0.05) is 47.9 Å². The Hall–Kier alpha value is -2.15. The first kappa shape index (κ1) is 9.10. The second-order valence-electron chi connectivity index (χ2n) is 3.72. The number of nitrogens with zero attached hydrogens (tertiary/aromatic N) is 1. The van der Waals surface area contributed by atoms with Gasteiger partial charge in [-0.2, -0.15) is 0 Å². The van der Waals surface area contributed by atoms with Gasteiger partial charge in [-0.15, -0.1) is 6.07 Å². The fourth-order valence-electron chi connectivity index (χ4n) is 1.81. The summed E-state index contributed by atoms with van der Waals surface area (Å²) in [5, 5.41) is 2.35. The molecule has 1 aromatic heterocycles. The molecule has 3 rings (SSSR count). The minimum absolute atomic E-state index is 1.13. The second kappa shape index (κ2) is 3.78. The van der Waals surface area contributed by atoms with Gasteiger partial charge in [-0.3, -0.25) is 4.57 Å². The molecule has 0 saturated heterocycles. The number of hydrogen-bond acceptors (Lipinski definition) is 0. The predicted octanol–water partition coefficient (Wildman–Crippen LogP) is 2.92. The zero-order valence-electron chi connectivity index (χ0n) is 8.80. The van der Waals surface area contributed by atoms with E-state index in [0.29, 0.717) is 0 Å². The van der Waals surface area contributed by atoms with Gasteiger partial charge >= 0.3 is 0 Å². The van der Waals surface area contributed by atoms with Crippen molar-refractivity contribution in [3.8, 4) is 5.69 Å². The van der Waals surface area contributed by atoms with E-state index in [0.717, 1.165) is 11.1 Å². The first-order chi connectivity index (χ1) is 7.93. The molecule has 0 saturated carbocycles. The van der Waals surface area contributed by atoms with E-state index in [2.05, 4.69) is 36.5 Å². The summed E-state index contributed by atoms with van der Waals surface area (Å²) in [5.41, 5.74) is 1.13. The van der Waals surface area contributed by atoms with Crippen LogP contribution in [0.25, 0.3) is 16.5 Å². The van der Waals surface area contributed by atoms with E-state index in [9.17, 15) is 0 Å². The van der Waals surface area contributed by atoms with Crippen LogP contribution in [-0.4, -0.2) is 0 Å². The van der Waals surface area contributed by atoms with Crippen LogP contribution < -0.4 is 4.57 Å². The van der Waals surface area contributed by atoms with Crippen LogP contribution in [0.15, 0.2) is 66.9 Å². The highest BCUT2D eigenvalue weighted by molar-refractivity contribution is 5.79. The number of aromatic nitrogens is 1. The van der Waals surface area contributed by atoms with E-state index >= 15 is 0 Å². The molecule has 0 atom stereocenters. The Labute approximate surface area is 94.6 Å². The zero-order valence-corrected chi connectivity index (χ0v) is 8.80. The van der Waals surface area contributed by atoms with Crippen molar-refractivity contribution in [3.63, 3.8) is 0 Å². The van der Waals surface area contributed by atoms with Crippen LogP contribution in [0.2, 0.25) is 0 Å². The van der Waals surface area contributed by atoms with Crippen LogP contribution in [0.3, 0.4) is 0 Å². The molecular formula is C15H11N. The van der Waals surface area contributed by atoms with Crippen molar-refractivity contribution >= 4 is 10.8 Å². The smallest absolute Gasteiger partial charge is 0.179 e. The monoisotopic (exact) mass is 205 g/mol. The molecule has 0 unspecified atom stereocenters. The van der Waals surface area contributed by atoms with Crippen LogP contribution in [0.4, 0.5) is 0 Å². The fraction of sp³-hybridized carbons (Fsp3) is 0. The van der Waals surface area contributed by atoms with Crippen molar-refractivity contribution in [3.05, 3.63) is 73.1 Å². The molecule has 0 radical (unpaired) electrons. The lowest BCUT2D eigenvalue weighted by Crippen LogP contribution is -2.29. The van der Waals surface area contributed by atoms with Crippen molar-refractivity contribution < 1.29 is 4.57 Å². The summed E-state index contributed by atoms with van der Waals surface area (Å²) in [6.45, 7) is 0. The molecule has 0 aliphatic carbocycles. The third-order valence-electron chi connectivity index (χ3n) is 2.64. The summed E-state index contributed by atoms with van der Waals surface area (Å²) in [6, 6.07) is 20.6. The highest BCUT2D eigenvalue weighted by atomic mass is 14.9. The number of pyridine rings is 1. The quantitative estimate of drug-likeness (QED) is 0.425. The van der Waals surface area contributed by atoms with E-state index in [1.165, 1.54) is 5.39 Å². The maximum atomic E-state index is 3.36. The fourth-order valence-corrected chi connectivity index (χ4v) is 1.81. The number of benzene rings is 2. The third kappa shape index (κ3) is 1.57. The highest BCUT2D eigenvalue weighted by Crippen LogP contribution is 2.10. The molecule has 0 aliphatic rings. The molecule has 76 valence electrons. The van der Waals surface area contributed by atoms with Crippen LogP contribution >= 0.6 is 0 Å². The van der Waals surface area contributed by atoms with Crippen molar-refractivity contribution in [2.45, 2.75) is 0 Å². The Kier molecular flexibility index (Phi) is 2.15. The lowest BCUT2D eigenvalue weighted by Gasteiger charge is -2.03. The SMILES string of the molecule is [c-]1c2ccccc2cc[n+]1-c1ccccc1. The van der Waals surface area contributed by atoms with E-state index in [4.69, 9.17) is 0 Å². The molecule has 1 heterocycles. The normalized spacial score (nSPS) is 10.5. The first-order valence-corrected chi connectivity index (χ1v) is 5.32. The molecule has 0 spiro atoms. The van der Waals surface area contributed by atoms with Gasteiger partial charge in [0.1, 0.15) is 11.9 Å². The second-order valence-corrected chi connectivity index (χ2v) is 3.72. The summed E-state index contributed by atoms with van der Waals surface area (Å²) < 4.78 is 2.02. The van der Waals surface area contributed by atoms with E-state index in [1.807, 2.05) is 41.1 Å². The maximum absolute atomic E-state index is 3.36. The summed E-state index contributed by atoms with van der Waals surface area (Å²) in [6.07, 6.45) is 5.40. The van der Waals surface area contributed by atoms with Gasteiger partial charge < -0.3 is 0 Å². The standard InChI is InChI=1S/C15H11N/c1-2-8-15(9-3-1)16-11-10-13-6-4-5-7-14(13)12-16/h1-11H. The topological polar surface area (TPSA) is 3.88 Å². The third-order valence-corrected chi connectivity index (χ3v) is 2.64. The van der Waals surface area contributed by atoms with Gasteiger partial charge in [-0.05, 0) is 17.5 Å². The highest BCUT2D eigenvalue weighted by Gasteiger charge is 1.98. The Morgan fingerprint density at radius 3 is 2.38 bits per heavy atom. The van der Waals surface area contributed by atoms with Crippen molar-refractivity contribution in [1.29, 1.82) is 0 Å². The number of hydrogen-bond donors (Lipinski definition) is 0. The molecule has 0 N–H and O–H groups in total. The summed E-state index contributed by atoms with van der Waals surface area (Å²) in [7, 11) is 0. The Bertz CT molecular complexity index is 614. The van der Waals surface area contributed by atoms with Gasteiger partial charge in [0.2, 0.25) is 0 Å². The number of para-hydroxylation sites is 1. The summed E-state index contributed by atoms with van der Waals surface area (Å²) in [5.74, 6) is 0. The molecule has 0 aliphatic heterocycles. The van der Waals surface area contributed by atoms with Crippen molar-refractivity contribution in [2.24, 2.45) is 0 Å². The Morgan fingerprint density at radius 1 is 0.750 bits per heavy atom. The Balaban J connectivity index is 2.19. The Morgan fingerprint density at radius 2 is 1.50 bits per heavy atom. The lowest BCUT2D eigenvalue weighted by molar-refractivity contribution is -0.598. The van der Waals surface area contributed by atoms with Crippen LogP contribution in [0.1, 0.15) is 0 Å². The molecular weight excluding hydrogens is 194 g/mol. The van der Waals surface area contributed by atoms with Gasteiger partial charge in [0.05, 0.1) is 0 Å². The van der Waals surface area contributed by atoms with E-state index in [-0.39, 0.29) is 0 Å². The molecule has 0 fully saturated rings. The minimum atomic E-state index is 1.13. The van der Waals surface area contributed by atoms with Gasteiger partial charge in [0, 0.05) is 0 Å². The number of fused-ring (bicyclic) bond motifs is 1. The average molecular weight is 205 g/mol. The lowest BCUT2D eigenvalue weighted by atomic mass is 10.2. The van der Waals surface area contributed by atoms with E-state index < -0.39 is 0 Å². The van der Waals surface area contributed by atoms with Crippen molar-refractivity contribution in [2.75, 3.05) is 0 Å². The van der Waals surface area contributed by atoms with E-state index in [1.54, 1.807) is 0 Å². The summed E-state index contributed by atoms with van der Waals surface area (Å²) >= 11 is 0. The predicted molar refractivity (Wildman–Crippen MR) is 64.3 cm³/mol. The maximum Gasteiger partial charge on any atom is 0.179 e. The molecule has 16 heavy (non-hydrogen) atoms. The molecule has 0 amide bonds. The average Bonchev–Trinajstić information content (AvgIpc) is 2.39. The largest absolute Gasteiger partial charge is 0.259 e. The molecule has 3 aromatic rings. The van der Waals surface area contributed by atoms with Crippen molar-refractivity contribution in [1.82, 2.24) is 0 Å². The van der Waals surface area contributed by atoms with Gasteiger partial charge in [-0.25, -0.2) is 0 Å². The molecule has 1 heteroatoms. The first-order valence-electron chi connectivity index (χ1n) is 5.32. The minimum Gasteiger partial charge on any atom is -0.259 e. The molecule has 2 aromatic carbocycles. The summed E-state index contributed by atoms with van der Waals surface area (Å²) in [4.78, 5) is 0. The van der Waals surface area contributed by atoms with Crippen LogP contribution in [-0.2, 0) is 0 Å². The molecule has 1 nitrogen and oxygen atoms in total. The van der Waals surface area contributed by atoms with Crippen LogP contribution in [0.5, 0.6) is 0 Å². The van der Waals surface area contributed by atoms with Crippen LogP contribution in [0, 0.1) is 6.20 Å². The van der Waals surface area contributed by atoms with Gasteiger partial charge in [0.25, 0.3) is 0 Å². The van der Waals surface area contributed by atoms with Gasteiger partial charge in [0.15, 0.2) is 6.20 Å². The molecule has 0 bridgehead atoms.